The Kier molecular flexibility index (Phi) is 5.35. The van der Waals surface area contributed by atoms with Gasteiger partial charge in [-0.15, -0.1) is 0 Å². The second-order valence-electron chi connectivity index (χ2n) is 4.58. The predicted molar refractivity (Wildman–Crippen MR) is 76.1 cm³/mol. The first-order valence-electron chi connectivity index (χ1n) is 5.62. The van der Waals surface area contributed by atoms with E-state index in [-0.39, 0.29) is 11.3 Å². The molecule has 1 aromatic carbocycles. The third kappa shape index (κ3) is 5.98. The van der Waals surface area contributed by atoms with Crippen molar-refractivity contribution < 1.29 is 26.0 Å². The minimum absolute atomic E-state index is 0.269. The number of nitrogens with one attached hydrogen (secondary N) is 1. The Morgan fingerprint density at radius 2 is 1.86 bits per heavy atom. The molecule has 1 amide bonds. The van der Waals surface area contributed by atoms with Crippen molar-refractivity contribution in [1.82, 2.24) is 5.32 Å². The van der Waals surface area contributed by atoms with Gasteiger partial charge < -0.3 is 5.32 Å². The molecular weight excluding hydrogens is 345 g/mol. The molecule has 0 saturated carbocycles. The summed E-state index contributed by atoms with van der Waals surface area (Å²) in [6.45, 7) is 1.46. The lowest BCUT2D eigenvalue weighted by Gasteiger charge is -2.13. The zero-order valence-electron chi connectivity index (χ0n) is 11.1. The summed E-state index contributed by atoms with van der Waals surface area (Å²) in [4.78, 5) is 11.3. The summed E-state index contributed by atoms with van der Waals surface area (Å²) in [6, 6.07) is 1.70. The van der Waals surface area contributed by atoms with E-state index in [2.05, 4.69) is 5.32 Å². The van der Waals surface area contributed by atoms with Crippen LogP contribution in [0, 0.1) is 5.82 Å². The van der Waals surface area contributed by atoms with Crippen LogP contribution in [0.3, 0.4) is 0 Å². The van der Waals surface area contributed by atoms with E-state index >= 15 is 0 Å². The molecule has 0 fully saturated rings. The van der Waals surface area contributed by atoms with Crippen molar-refractivity contribution >= 4 is 35.5 Å². The molecular formula is C11H13ClFNO5S2. The Balaban J connectivity index is 3.01. The maximum absolute atomic E-state index is 13.3. The van der Waals surface area contributed by atoms with Crippen molar-refractivity contribution in [1.29, 1.82) is 0 Å². The highest BCUT2D eigenvalue weighted by Gasteiger charge is 2.18. The van der Waals surface area contributed by atoms with E-state index in [0.29, 0.717) is 6.07 Å². The maximum atomic E-state index is 13.3. The van der Waals surface area contributed by atoms with Crippen LogP contribution in [-0.4, -0.2) is 40.8 Å². The predicted octanol–water partition coefficient (Wildman–Crippen LogP) is 0.916. The fourth-order valence-electron chi connectivity index (χ4n) is 1.64. The SMILES string of the molecule is CC(CS(C)(=O)=O)NC(=O)c1cc(F)cc(S(=O)(=O)Cl)c1. The van der Waals surface area contributed by atoms with Crippen LogP contribution in [-0.2, 0) is 18.9 Å². The summed E-state index contributed by atoms with van der Waals surface area (Å²) in [5, 5.41) is 2.34. The first-order valence-corrected chi connectivity index (χ1v) is 9.99. The third-order valence-corrected chi connectivity index (χ3v) is 4.78. The maximum Gasteiger partial charge on any atom is 0.261 e. The topological polar surface area (TPSA) is 97.4 Å². The molecule has 0 heterocycles. The summed E-state index contributed by atoms with van der Waals surface area (Å²) in [7, 11) is -2.38. The molecule has 6 nitrogen and oxygen atoms in total. The van der Waals surface area contributed by atoms with Crippen LogP contribution >= 0.6 is 10.7 Å². The number of rotatable bonds is 5. The molecule has 1 aromatic rings. The van der Waals surface area contributed by atoms with Crippen LogP contribution in [0.15, 0.2) is 23.1 Å². The molecule has 0 aromatic heterocycles. The van der Waals surface area contributed by atoms with Crippen LogP contribution in [0.2, 0.25) is 0 Å². The van der Waals surface area contributed by atoms with Crippen LogP contribution in [0.25, 0.3) is 0 Å². The van der Waals surface area contributed by atoms with Crippen molar-refractivity contribution in [3.63, 3.8) is 0 Å². The number of hydrogen-bond acceptors (Lipinski definition) is 5. The summed E-state index contributed by atoms with van der Waals surface area (Å²) >= 11 is 0. The molecule has 1 atom stereocenters. The molecule has 10 heteroatoms. The molecule has 1 unspecified atom stereocenters. The largest absolute Gasteiger partial charge is 0.349 e. The molecule has 0 aliphatic rings. The third-order valence-electron chi connectivity index (χ3n) is 2.35. The molecule has 21 heavy (non-hydrogen) atoms. The number of carbonyl (C=O) groups excluding carboxylic acids is 1. The lowest BCUT2D eigenvalue weighted by Crippen LogP contribution is -2.37. The molecule has 0 aliphatic carbocycles. The second-order valence-corrected chi connectivity index (χ2v) is 9.33. The van der Waals surface area contributed by atoms with E-state index in [9.17, 15) is 26.0 Å². The zero-order chi connectivity index (χ0) is 16.4. The highest BCUT2D eigenvalue weighted by atomic mass is 35.7. The zero-order valence-corrected chi connectivity index (χ0v) is 13.5. The molecule has 0 spiro atoms. The Morgan fingerprint density at radius 1 is 1.29 bits per heavy atom. The molecule has 1 N–H and O–H groups in total. The van der Waals surface area contributed by atoms with Gasteiger partial charge in [0.15, 0.2) is 0 Å². The van der Waals surface area contributed by atoms with E-state index in [1.807, 2.05) is 0 Å². The van der Waals surface area contributed by atoms with Crippen molar-refractivity contribution in [2.24, 2.45) is 0 Å². The van der Waals surface area contributed by atoms with Gasteiger partial charge in [0, 0.05) is 28.5 Å². The first kappa shape index (κ1) is 17.9. The van der Waals surface area contributed by atoms with Gasteiger partial charge in [-0.05, 0) is 25.1 Å². The Bertz CT molecular complexity index is 761. The number of sulfone groups is 1. The van der Waals surface area contributed by atoms with Gasteiger partial charge in [0.1, 0.15) is 15.7 Å². The number of halogens is 2. The van der Waals surface area contributed by atoms with Crippen molar-refractivity contribution in [2.75, 3.05) is 12.0 Å². The lowest BCUT2D eigenvalue weighted by atomic mass is 10.2. The Labute approximate surface area is 126 Å². The van der Waals surface area contributed by atoms with E-state index in [1.54, 1.807) is 0 Å². The summed E-state index contributed by atoms with van der Waals surface area (Å²) < 4.78 is 57.8. The fraction of sp³-hybridized carbons (Fsp3) is 0.364. The minimum Gasteiger partial charge on any atom is -0.349 e. The van der Waals surface area contributed by atoms with Gasteiger partial charge in [-0.1, -0.05) is 0 Å². The standard InChI is InChI=1S/C11H13ClFNO5S2/c1-7(6-20(2,16)17)14-11(15)8-3-9(13)5-10(4-8)21(12,18)19/h3-5,7H,6H2,1-2H3,(H,14,15). The van der Waals surface area contributed by atoms with Crippen molar-refractivity contribution in [2.45, 2.75) is 17.9 Å². The molecule has 0 bridgehead atoms. The number of benzene rings is 1. The van der Waals surface area contributed by atoms with Gasteiger partial charge in [-0.2, -0.15) is 0 Å². The normalized spacial score (nSPS) is 13.7. The van der Waals surface area contributed by atoms with Crippen LogP contribution in [0.5, 0.6) is 0 Å². The van der Waals surface area contributed by atoms with E-state index in [4.69, 9.17) is 10.7 Å². The monoisotopic (exact) mass is 357 g/mol. The quantitative estimate of drug-likeness (QED) is 0.790. The van der Waals surface area contributed by atoms with E-state index in [0.717, 1.165) is 18.4 Å². The Hall–Kier alpha value is -1.19. The number of amides is 1. The molecule has 0 aliphatic heterocycles. The number of hydrogen-bond donors (Lipinski definition) is 1. The molecule has 1 rings (SSSR count). The van der Waals surface area contributed by atoms with Gasteiger partial charge in [0.2, 0.25) is 0 Å². The van der Waals surface area contributed by atoms with Crippen molar-refractivity contribution in [3.8, 4) is 0 Å². The summed E-state index contributed by atoms with van der Waals surface area (Å²) in [5.41, 5.74) is -0.269. The Morgan fingerprint density at radius 3 is 2.33 bits per heavy atom. The number of carbonyl (C=O) groups is 1. The van der Waals surface area contributed by atoms with Gasteiger partial charge in [-0.3, -0.25) is 4.79 Å². The van der Waals surface area contributed by atoms with Gasteiger partial charge >= 0.3 is 0 Å². The molecule has 118 valence electrons. The lowest BCUT2D eigenvalue weighted by molar-refractivity contribution is 0.0943. The van der Waals surface area contributed by atoms with Crippen LogP contribution in [0.1, 0.15) is 17.3 Å². The van der Waals surface area contributed by atoms with Gasteiger partial charge in [0.05, 0.1) is 10.6 Å². The average molecular weight is 358 g/mol. The molecule has 0 radical (unpaired) electrons. The average Bonchev–Trinajstić information content (AvgIpc) is 2.23. The smallest absolute Gasteiger partial charge is 0.261 e. The second kappa shape index (κ2) is 6.29. The highest BCUT2D eigenvalue weighted by Crippen LogP contribution is 2.18. The minimum atomic E-state index is -4.18. The highest BCUT2D eigenvalue weighted by molar-refractivity contribution is 8.13. The first-order chi connectivity index (χ1) is 9.38. The summed E-state index contributed by atoms with van der Waals surface area (Å²) in [5.74, 6) is -2.04. The van der Waals surface area contributed by atoms with E-state index in [1.165, 1.54) is 6.92 Å². The fourth-order valence-corrected chi connectivity index (χ4v) is 3.42. The van der Waals surface area contributed by atoms with E-state index < -0.39 is 41.5 Å². The van der Waals surface area contributed by atoms with Crippen LogP contribution < -0.4 is 5.32 Å². The molecule has 0 saturated heterocycles. The van der Waals surface area contributed by atoms with Crippen molar-refractivity contribution in [3.05, 3.63) is 29.6 Å². The summed E-state index contributed by atoms with van der Waals surface area (Å²) in [6.07, 6.45) is 1.01. The van der Waals surface area contributed by atoms with Gasteiger partial charge in [-0.25, -0.2) is 21.2 Å². The van der Waals surface area contributed by atoms with Crippen LogP contribution in [0.4, 0.5) is 4.39 Å². The van der Waals surface area contributed by atoms with Gasteiger partial charge in [0.25, 0.3) is 15.0 Å².